The molecule has 2 aromatic rings. The van der Waals surface area contributed by atoms with Gasteiger partial charge < -0.3 is 14.8 Å². The third-order valence-corrected chi connectivity index (χ3v) is 2.96. The Hall–Kier alpha value is -2.50. The van der Waals surface area contributed by atoms with Crippen LogP contribution in [0.1, 0.15) is 23.7 Å². The van der Waals surface area contributed by atoms with E-state index >= 15 is 0 Å². The van der Waals surface area contributed by atoms with Crippen molar-refractivity contribution in [2.24, 2.45) is 0 Å². The van der Waals surface area contributed by atoms with Gasteiger partial charge in [-0.3, -0.25) is 9.78 Å². The van der Waals surface area contributed by atoms with E-state index in [0.717, 1.165) is 5.56 Å². The van der Waals surface area contributed by atoms with Gasteiger partial charge in [-0.25, -0.2) is 4.79 Å². The lowest BCUT2D eigenvalue weighted by molar-refractivity contribution is 0.318. The van der Waals surface area contributed by atoms with Gasteiger partial charge in [0.25, 0.3) is 5.56 Å². The van der Waals surface area contributed by atoms with Crippen LogP contribution in [0.15, 0.2) is 27.8 Å². The summed E-state index contributed by atoms with van der Waals surface area (Å²) in [5.74, 6) is 0.436. The van der Waals surface area contributed by atoms with E-state index in [2.05, 4.69) is 9.97 Å². The summed E-state index contributed by atoms with van der Waals surface area (Å²) in [4.78, 5) is 27.7. The second kappa shape index (κ2) is 5.64. The Labute approximate surface area is 115 Å². The minimum atomic E-state index is -0.517. The van der Waals surface area contributed by atoms with Crippen molar-refractivity contribution in [2.45, 2.75) is 20.3 Å². The maximum absolute atomic E-state index is 11.8. The highest BCUT2D eigenvalue weighted by atomic mass is 16.5. The minimum absolute atomic E-state index is 0.0581. The molecule has 2 rings (SSSR count). The maximum atomic E-state index is 11.8. The zero-order valence-electron chi connectivity index (χ0n) is 11.3. The van der Waals surface area contributed by atoms with Crippen LogP contribution in [0, 0.1) is 6.92 Å². The van der Waals surface area contributed by atoms with Crippen LogP contribution in [0.5, 0.6) is 11.5 Å². The molecule has 0 aliphatic rings. The van der Waals surface area contributed by atoms with Crippen LogP contribution < -0.4 is 16.0 Å². The monoisotopic (exact) mass is 276 g/mol. The molecule has 0 saturated carbocycles. The van der Waals surface area contributed by atoms with Crippen LogP contribution in [0.3, 0.4) is 0 Å². The van der Waals surface area contributed by atoms with Crippen LogP contribution >= 0.6 is 0 Å². The summed E-state index contributed by atoms with van der Waals surface area (Å²) in [6.45, 7) is 3.94. The standard InChI is InChI=1S/C14H16N2O4/c1-3-20-12-7-9(4-5-11(12)17)6-10-8(2)15-14(19)16-13(10)18/h4-5,7,17H,3,6H2,1-2H3,(H2,15,16,18,19). The van der Waals surface area contributed by atoms with Gasteiger partial charge in [-0.05, 0) is 31.5 Å². The van der Waals surface area contributed by atoms with Crippen molar-refractivity contribution in [3.63, 3.8) is 0 Å². The van der Waals surface area contributed by atoms with Crippen LogP contribution in [0.25, 0.3) is 0 Å². The number of phenolic OH excluding ortho intramolecular Hbond substituents is 1. The molecule has 0 amide bonds. The first-order valence-electron chi connectivity index (χ1n) is 6.28. The molecule has 106 valence electrons. The zero-order chi connectivity index (χ0) is 14.7. The molecule has 3 N–H and O–H groups in total. The van der Waals surface area contributed by atoms with Crippen molar-refractivity contribution in [3.8, 4) is 11.5 Å². The maximum Gasteiger partial charge on any atom is 0.325 e. The number of aryl methyl sites for hydroxylation is 1. The first-order valence-corrected chi connectivity index (χ1v) is 6.28. The largest absolute Gasteiger partial charge is 0.504 e. The van der Waals surface area contributed by atoms with Crippen LogP contribution in [0.2, 0.25) is 0 Å². The molecule has 1 heterocycles. The molecule has 6 heteroatoms. The minimum Gasteiger partial charge on any atom is -0.504 e. The van der Waals surface area contributed by atoms with Crippen LogP contribution in [-0.4, -0.2) is 21.7 Å². The Morgan fingerprint density at radius 1 is 1.25 bits per heavy atom. The van der Waals surface area contributed by atoms with Crippen molar-refractivity contribution < 1.29 is 9.84 Å². The molecule has 0 fully saturated rings. The SMILES string of the molecule is CCOc1cc(Cc2c(C)[nH]c(=O)[nH]c2=O)ccc1O. The molecule has 1 aromatic carbocycles. The molecule has 0 radical (unpaired) electrons. The molecule has 1 aromatic heterocycles. The topological polar surface area (TPSA) is 95.2 Å². The van der Waals surface area contributed by atoms with E-state index in [-0.39, 0.29) is 5.75 Å². The molecular weight excluding hydrogens is 260 g/mol. The van der Waals surface area contributed by atoms with Gasteiger partial charge in [0.05, 0.1) is 6.61 Å². The Morgan fingerprint density at radius 2 is 2.00 bits per heavy atom. The fourth-order valence-corrected chi connectivity index (χ4v) is 1.98. The molecule has 0 aliphatic heterocycles. The molecule has 0 saturated heterocycles. The van der Waals surface area contributed by atoms with Crippen molar-refractivity contribution in [1.29, 1.82) is 0 Å². The zero-order valence-corrected chi connectivity index (χ0v) is 11.3. The van der Waals surface area contributed by atoms with E-state index in [1.54, 1.807) is 19.1 Å². The summed E-state index contributed by atoms with van der Waals surface area (Å²) in [7, 11) is 0. The third-order valence-electron chi connectivity index (χ3n) is 2.96. The van der Waals surface area contributed by atoms with Crippen molar-refractivity contribution in [2.75, 3.05) is 6.61 Å². The van der Waals surface area contributed by atoms with E-state index in [4.69, 9.17) is 4.74 Å². The number of aromatic hydroxyl groups is 1. The Bertz CT molecular complexity index is 731. The first kappa shape index (κ1) is 13.9. The van der Waals surface area contributed by atoms with Crippen LogP contribution in [-0.2, 0) is 6.42 Å². The molecule has 0 aliphatic carbocycles. The van der Waals surface area contributed by atoms with Gasteiger partial charge in [0, 0.05) is 17.7 Å². The van der Waals surface area contributed by atoms with Crippen molar-refractivity contribution in [3.05, 3.63) is 55.9 Å². The summed E-state index contributed by atoms with van der Waals surface area (Å²) < 4.78 is 5.30. The number of hydrogen-bond donors (Lipinski definition) is 3. The van der Waals surface area contributed by atoms with Gasteiger partial charge in [-0.2, -0.15) is 0 Å². The number of phenols is 1. The number of rotatable bonds is 4. The average Bonchev–Trinajstić information content (AvgIpc) is 2.37. The summed E-state index contributed by atoms with van der Waals surface area (Å²) in [6, 6.07) is 4.92. The summed E-state index contributed by atoms with van der Waals surface area (Å²) in [5, 5.41) is 9.64. The number of hydrogen-bond acceptors (Lipinski definition) is 4. The predicted octanol–water partition coefficient (Wildman–Crippen LogP) is 1.07. The lowest BCUT2D eigenvalue weighted by atomic mass is 10.0. The quantitative estimate of drug-likeness (QED) is 0.778. The van der Waals surface area contributed by atoms with E-state index in [1.165, 1.54) is 6.07 Å². The van der Waals surface area contributed by atoms with E-state index in [0.29, 0.717) is 30.0 Å². The third kappa shape index (κ3) is 2.90. The second-order valence-electron chi connectivity index (χ2n) is 4.42. The van der Waals surface area contributed by atoms with Gasteiger partial charge in [0.2, 0.25) is 0 Å². The van der Waals surface area contributed by atoms with Gasteiger partial charge >= 0.3 is 5.69 Å². The Kier molecular flexibility index (Phi) is 3.93. The molecule has 0 spiro atoms. The Balaban J connectivity index is 2.38. The van der Waals surface area contributed by atoms with E-state index in [9.17, 15) is 14.7 Å². The fourth-order valence-electron chi connectivity index (χ4n) is 1.98. The fraction of sp³-hybridized carbons (Fsp3) is 0.286. The molecular formula is C14H16N2O4. The average molecular weight is 276 g/mol. The lowest BCUT2D eigenvalue weighted by Crippen LogP contribution is -2.27. The first-order chi connectivity index (χ1) is 9.51. The highest BCUT2D eigenvalue weighted by molar-refractivity contribution is 5.43. The number of aromatic amines is 2. The van der Waals surface area contributed by atoms with Gasteiger partial charge in [-0.1, -0.05) is 6.07 Å². The number of H-pyrrole nitrogens is 2. The number of benzene rings is 1. The van der Waals surface area contributed by atoms with Gasteiger partial charge in [-0.15, -0.1) is 0 Å². The van der Waals surface area contributed by atoms with Gasteiger partial charge in [0.1, 0.15) is 0 Å². The summed E-state index contributed by atoms with van der Waals surface area (Å²) in [5.41, 5.74) is 0.906. The van der Waals surface area contributed by atoms with Crippen LogP contribution in [0.4, 0.5) is 0 Å². The van der Waals surface area contributed by atoms with Crippen molar-refractivity contribution in [1.82, 2.24) is 9.97 Å². The number of nitrogens with one attached hydrogen (secondary N) is 2. The lowest BCUT2D eigenvalue weighted by Gasteiger charge is -2.09. The number of aromatic nitrogens is 2. The number of ether oxygens (including phenoxy) is 1. The van der Waals surface area contributed by atoms with Gasteiger partial charge in [0.15, 0.2) is 11.5 Å². The highest BCUT2D eigenvalue weighted by Crippen LogP contribution is 2.27. The molecule has 0 bridgehead atoms. The normalized spacial score (nSPS) is 10.5. The van der Waals surface area contributed by atoms with Crippen molar-refractivity contribution >= 4 is 0 Å². The summed E-state index contributed by atoms with van der Waals surface area (Å²) >= 11 is 0. The Morgan fingerprint density at radius 3 is 2.65 bits per heavy atom. The summed E-state index contributed by atoms with van der Waals surface area (Å²) in [6.07, 6.45) is 0.346. The second-order valence-corrected chi connectivity index (χ2v) is 4.42. The smallest absolute Gasteiger partial charge is 0.325 e. The molecule has 0 atom stereocenters. The predicted molar refractivity (Wildman–Crippen MR) is 74.5 cm³/mol. The van der Waals surface area contributed by atoms with E-state index < -0.39 is 11.2 Å². The highest BCUT2D eigenvalue weighted by Gasteiger charge is 2.09. The molecule has 6 nitrogen and oxygen atoms in total. The molecule has 20 heavy (non-hydrogen) atoms. The van der Waals surface area contributed by atoms with E-state index in [1.807, 2.05) is 6.92 Å². The molecule has 0 unspecified atom stereocenters.